The molecule has 0 spiro atoms. The number of nitrogens with zero attached hydrogens (tertiary/aromatic N) is 2. The second kappa shape index (κ2) is 3.93. The number of amides is 1. The van der Waals surface area contributed by atoms with Gasteiger partial charge in [-0.25, -0.2) is 4.98 Å². The van der Waals surface area contributed by atoms with Crippen molar-refractivity contribution in [2.45, 2.75) is 33.7 Å². The van der Waals surface area contributed by atoms with Crippen LogP contribution in [0.15, 0.2) is 12.4 Å². The van der Waals surface area contributed by atoms with Crippen molar-refractivity contribution in [1.82, 2.24) is 15.3 Å². The molecule has 0 atom stereocenters. The summed E-state index contributed by atoms with van der Waals surface area (Å²) in [5.41, 5.74) is 0.591. The Kier molecular flexibility index (Phi) is 2.80. The molecule has 1 aromatic rings. The van der Waals surface area contributed by atoms with Crippen LogP contribution in [0.2, 0.25) is 0 Å². The molecule has 0 unspecified atom stereocenters. The van der Waals surface area contributed by atoms with E-state index < -0.39 is 0 Å². The number of nitrogens with one attached hydrogen (secondary N) is 2. The Balaban J connectivity index is 2.10. The van der Waals surface area contributed by atoms with Gasteiger partial charge in [0.25, 0.3) is 5.91 Å². The van der Waals surface area contributed by atoms with Gasteiger partial charge in [-0.15, -0.1) is 0 Å². The zero-order chi connectivity index (χ0) is 13.6. The number of hydrogen-bond donors (Lipinski definition) is 2. The summed E-state index contributed by atoms with van der Waals surface area (Å²) in [5, 5.41) is 5.90. The summed E-state index contributed by atoms with van der Waals surface area (Å²) in [6.07, 6.45) is 3.07. The van der Waals surface area contributed by atoms with E-state index in [9.17, 15) is 4.79 Å². The molecule has 1 heterocycles. The molecule has 98 valence electrons. The summed E-state index contributed by atoms with van der Waals surface area (Å²) >= 11 is 0. The molecule has 1 aliphatic rings. The second-order valence-electron chi connectivity index (χ2n) is 5.89. The molecule has 2 N–H and O–H groups in total. The summed E-state index contributed by atoms with van der Waals surface area (Å²) in [6.45, 7) is 8.64. The first-order valence-electron chi connectivity index (χ1n) is 6.11. The lowest BCUT2D eigenvalue weighted by Crippen LogP contribution is -2.30. The van der Waals surface area contributed by atoms with Crippen LogP contribution in [-0.4, -0.2) is 29.0 Å². The van der Waals surface area contributed by atoms with Gasteiger partial charge in [0.15, 0.2) is 0 Å². The van der Waals surface area contributed by atoms with Crippen LogP contribution >= 0.6 is 0 Å². The van der Waals surface area contributed by atoms with E-state index in [-0.39, 0.29) is 22.8 Å². The predicted molar refractivity (Wildman–Crippen MR) is 70.4 cm³/mol. The molecule has 0 bridgehead atoms. The third-order valence-corrected chi connectivity index (χ3v) is 4.42. The Morgan fingerprint density at radius 2 is 1.83 bits per heavy atom. The molecular formula is C13H20N4O. The Labute approximate surface area is 107 Å². The second-order valence-corrected chi connectivity index (χ2v) is 5.89. The van der Waals surface area contributed by atoms with Gasteiger partial charge in [0, 0.05) is 13.1 Å². The maximum atomic E-state index is 12.1. The molecule has 2 rings (SSSR count). The standard InChI is InChI=1S/C13H20N4O/c1-12(2)11(13(12,3)4)17-10(18)8-6-15-7-9(14-5)16-8/h6-7,11H,1-5H3,(H,14,16)(H,17,18). The van der Waals surface area contributed by atoms with E-state index in [4.69, 9.17) is 0 Å². The quantitative estimate of drug-likeness (QED) is 0.854. The predicted octanol–water partition coefficient (Wildman–Crippen LogP) is 1.68. The molecule has 0 aliphatic heterocycles. The molecule has 5 nitrogen and oxygen atoms in total. The molecule has 1 aromatic heterocycles. The summed E-state index contributed by atoms with van der Waals surface area (Å²) in [5.74, 6) is 0.431. The van der Waals surface area contributed by atoms with Gasteiger partial charge in [0.2, 0.25) is 0 Å². The monoisotopic (exact) mass is 248 g/mol. The van der Waals surface area contributed by atoms with Crippen LogP contribution in [0.3, 0.4) is 0 Å². The minimum absolute atomic E-state index is 0.122. The third kappa shape index (κ3) is 1.83. The smallest absolute Gasteiger partial charge is 0.271 e. The van der Waals surface area contributed by atoms with E-state index in [1.807, 2.05) is 0 Å². The summed E-state index contributed by atoms with van der Waals surface area (Å²) in [4.78, 5) is 20.3. The van der Waals surface area contributed by atoms with E-state index in [1.165, 1.54) is 6.20 Å². The Hall–Kier alpha value is -1.65. The maximum Gasteiger partial charge on any atom is 0.271 e. The highest BCUT2D eigenvalue weighted by Gasteiger charge is 2.65. The highest BCUT2D eigenvalue weighted by molar-refractivity contribution is 5.93. The van der Waals surface area contributed by atoms with Crippen molar-refractivity contribution in [3.05, 3.63) is 18.1 Å². The number of rotatable bonds is 3. The van der Waals surface area contributed by atoms with Gasteiger partial charge in [0.1, 0.15) is 11.5 Å². The highest BCUT2D eigenvalue weighted by Crippen LogP contribution is 2.62. The molecule has 0 saturated heterocycles. The van der Waals surface area contributed by atoms with Gasteiger partial charge in [0.05, 0.1) is 12.4 Å². The zero-order valence-corrected chi connectivity index (χ0v) is 11.5. The molecule has 1 aliphatic carbocycles. The fraction of sp³-hybridized carbons (Fsp3) is 0.615. The molecule has 18 heavy (non-hydrogen) atoms. The molecule has 0 aromatic carbocycles. The number of hydrogen-bond acceptors (Lipinski definition) is 4. The minimum atomic E-state index is -0.164. The lowest BCUT2D eigenvalue weighted by atomic mass is 10.0. The van der Waals surface area contributed by atoms with Crippen molar-refractivity contribution in [2.75, 3.05) is 12.4 Å². The van der Waals surface area contributed by atoms with Gasteiger partial charge < -0.3 is 10.6 Å². The Morgan fingerprint density at radius 1 is 1.22 bits per heavy atom. The highest BCUT2D eigenvalue weighted by atomic mass is 16.2. The first-order chi connectivity index (χ1) is 8.30. The van der Waals surface area contributed by atoms with Crippen molar-refractivity contribution >= 4 is 11.7 Å². The molecule has 0 radical (unpaired) electrons. The Bertz CT molecular complexity index is 468. The van der Waals surface area contributed by atoms with Crippen LogP contribution < -0.4 is 10.6 Å². The summed E-state index contributed by atoms with van der Waals surface area (Å²) < 4.78 is 0. The van der Waals surface area contributed by atoms with E-state index in [1.54, 1.807) is 13.2 Å². The molecule has 5 heteroatoms. The lowest BCUT2D eigenvalue weighted by Gasteiger charge is -2.07. The van der Waals surface area contributed by atoms with Crippen LogP contribution in [0.4, 0.5) is 5.82 Å². The Morgan fingerprint density at radius 3 is 2.33 bits per heavy atom. The number of carbonyl (C=O) groups excluding carboxylic acids is 1. The van der Waals surface area contributed by atoms with Gasteiger partial charge >= 0.3 is 0 Å². The van der Waals surface area contributed by atoms with E-state index >= 15 is 0 Å². The fourth-order valence-corrected chi connectivity index (χ4v) is 2.36. The largest absolute Gasteiger partial charge is 0.372 e. The average Bonchev–Trinajstić information content (AvgIpc) is 2.71. The van der Waals surface area contributed by atoms with Crippen LogP contribution in [0.1, 0.15) is 38.2 Å². The van der Waals surface area contributed by atoms with Crippen molar-refractivity contribution in [1.29, 1.82) is 0 Å². The molecule has 1 fully saturated rings. The van der Waals surface area contributed by atoms with Crippen molar-refractivity contribution < 1.29 is 4.79 Å². The SMILES string of the molecule is CNc1cncc(C(=O)NC2C(C)(C)C2(C)C)n1. The fourth-order valence-electron chi connectivity index (χ4n) is 2.36. The average molecular weight is 248 g/mol. The van der Waals surface area contributed by atoms with Crippen LogP contribution in [0.25, 0.3) is 0 Å². The van der Waals surface area contributed by atoms with Crippen molar-refractivity contribution in [3.8, 4) is 0 Å². The maximum absolute atomic E-state index is 12.1. The van der Waals surface area contributed by atoms with Crippen LogP contribution in [0.5, 0.6) is 0 Å². The summed E-state index contributed by atoms with van der Waals surface area (Å²) in [6, 6.07) is 0.178. The van der Waals surface area contributed by atoms with Gasteiger partial charge in [-0.3, -0.25) is 9.78 Å². The number of carbonyl (C=O) groups is 1. The van der Waals surface area contributed by atoms with Crippen molar-refractivity contribution in [3.63, 3.8) is 0 Å². The van der Waals surface area contributed by atoms with E-state index in [0.717, 1.165) is 0 Å². The third-order valence-electron chi connectivity index (χ3n) is 4.42. The molecule has 1 amide bonds. The van der Waals surface area contributed by atoms with E-state index in [2.05, 4.69) is 48.3 Å². The lowest BCUT2D eigenvalue weighted by molar-refractivity contribution is 0.0938. The minimum Gasteiger partial charge on any atom is -0.372 e. The van der Waals surface area contributed by atoms with E-state index in [0.29, 0.717) is 11.5 Å². The number of aromatic nitrogens is 2. The first kappa shape index (κ1) is 12.8. The van der Waals surface area contributed by atoms with Gasteiger partial charge in [-0.05, 0) is 10.8 Å². The van der Waals surface area contributed by atoms with Crippen LogP contribution in [0, 0.1) is 10.8 Å². The van der Waals surface area contributed by atoms with Gasteiger partial charge in [-0.1, -0.05) is 27.7 Å². The molecular weight excluding hydrogens is 228 g/mol. The first-order valence-corrected chi connectivity index (χ1v) is 6.11. The number of anilines is 1. The zero-order valence-electron chi connectivity index (χ0n) is 11.5. The van der Waals surface area contributed by atoms with Crippen LogP contribution in [-0.2, 0) is 0 Å². The van der Waals surface area contributed by atoms with Gasteiger partial charge in [-0.2, -0.15) is 0 Å². The normalized spacial score (nSPS) is 20.3. The summed E-state index contributed by atoms with van der Waals surface area (Å²) in [7, 11) is 1.75. The van der Waals surface area contributed by atoms with Crippen molar-refractivity contribution in [2.24, 2.45) is 10.8 Å². The topological polar surface area (TPSA) is 66.9 Å². The molecule has 1 saturated carbocycles.